The lowest BCUT2D eigenvalue weighted by Crippen LogP contribution is -2.14. The quantitative estimate of drug-likeness (QED) is 0.382. The van der Waals surface area contributed by atoms with E-state index in [4.69, 9.17) is 16.3 Å². The predicted octanol–water partition coefficient (Wildman–Crippen LogP) is 5.00. The van der Waals surface area contributed by atoms with Crippen LogP contribution in [0.2, 0.25) is 5.02 Å². The Morgan fingerprint density at radius 2 is 2.03 bits per heavy atom. The Labute approximate surface area is 192 Å². The predicted molar refractivity (Wildman–Crippen MR) is 125 cm³/mol. The number of methoxy groups -OCH3 is 1. The molecule has 0 aliphatic rings. The lowest BCUT2D eigenvalue weighted by molar-refractivity contribution is -0.113. The van der Waals surface area contributed by atoms with Crippen molar-refractivity contribution in [3.8, 4) is 28.4 Å². The molecule has 0 bridgehead atoms. The van der Waals surface area contributed by atoms with Gasteiger partial charge in [-0.25, -0.2) is 4.98 Å². The van der Waals surface area contributed by atoms with Gasteiger partial charge in [0.25, 0.3) is 0 Å². The average molecular weight is 472 g/mol. The molecule has 0 aliphatic heterocycles. The summed E-state index contributed by atoms with van der Waals surface area (Å²) in [5.41, 5.74) is 2.58. The summed E-state index contributed by atoms with van der Waals surface area (Å²) in [6, 6.07) is 15.1. The topological polar surface area (TPSA) is 81.9 Å². The first-order valence-electron chi connectivity index (χ1n) is 9.22. The van der Waals surface area contributed by atoms with Crippen LogP contribution < -0.4 is 10.1 Å². The number of benzene rings is 2. The highest BCUT2D eigenvalue weighted by atomic mass is 35.5. The fourth-order valence-electron chi connectivity index (χ4n) is 2.89. The van der Waals surface area contributed by atoms with E-state index in [9.17, 15) is 4.79 Å². The molecule has 2 aromatic carbocycles. The zero-order valence-electron chi connectivity index (χ0n) is 16.7. The first-order valence-corrected chi connectivity index (χ1v) is 11.5. The van der Waals surface area contributed by atoms with Gasteiger partial charge in [-0.1, -0.05) is 53.7 Å². The maximum absolute atomic E-state index is 12.4. The molecule has 2 heterocycles. The number of nitrogens with zero attached hydrogens (tertiary/aromatic N) is 4. The minimum atomic E-state index is -0.163. The molecule has 0 saturated carbocycles. The van der Waals surface area contributed by atoms with E-state index in [1.54, 1.807) is 25.3 Å². The van der Waals surface area contributed by atoms with Gasteiger partial charge in [-0.15, -0.1) is 21.5 Å². The van der Waals surface area contributed by atoms with Crippen LogP contribution in [0.15, 0.2) is 59.1 Å². The van der Waals surface area contributed by atoms with Gasteiger partial charge in [-0.2, -0.15) is 0 Å². The normalized spacial score (nSPS) is 10.8. The van der Waals surface area contributed by atoms with E-state index in [1.807, 2.05) is 47.3 Å². The summed E-state index contributed by atoms with van der Waals surface area (Å²) in [5, 5.41) is 15.0. The van der Waals surface area contributed by atoms with Crippen molar-refractivity contribution < 1.29 is 9.53 Å². The highest BCUT2D eigenvalue weighted by Crippen LogP contribution is 2.32. The highest BCUT2D eigenvalue weighted by molar-refractivity contribution is 7.99. The molecular weight excluding hydrogens is 454 g/mol. The summed E-state index contributed by atoms with van der Waals surface area (Å²) >= 11 is 8.81. The van der Waals surface area contributed by atoms with Gasteiger partial charge in [0.15, 0.2) is 16.1 Å². The van der Waals surface area contributed by atoms with Crippen molar-refractivity contribution in [1.82, 2.24) is 19.7 Å². The Hall–Kier alpha value is -2.88. The number of ether oxygens (including phenoxy) is 1. The molecule has 0 saturated heterocycles. The van der Waals surface area contributed by atoms with Crippen LogP contribution in [0.5, 0.6) is 5.75 Å². The SMILES string of the molecule is COc1ccc(Cl)cc1-c1nnc(SCC(=O)Nc2nc(-c3ccccc3)cs2)n1C. The molecule has 0 unspecified atom stereocenters. The largest absolute Gasteiger partial charge is 0.496 e. The van der Waals surface area contributed by atoms with E-state index in [0.29, 0.717) is 26.9 Å². The Bertz CT molecular complexity index is 1210. The van der Waals surface area contributed by atoms with Crippen molar-refractivity contribution >= 4 is 45.7 Å². The molecule has 0 spiro atoms. The molecular formula is C21H18ClN5O2S2. The first kappa shape index (κ1) is 21.4. The third-order valence-corrected chi connectivity index (χ3v) is 6.40. The van der Waals surface area contributed by atoms with Crippen molar-refractivity contribution in [1.29, 1.82) is 0 Å². The highest BCUT2D eigenvalue weighted by Gasteiger charge is 2.17. The number of anilines is 1. The fourth-order valence-corrected chi connectivity index (χ4v) is 4.51. The lowest BCUT2D eigenvalue weighted by atomic mass is 10.2. The smallest absolute Gasteiger partial charge is 0.236 e. The zero-order valence-corrected chi connectivity index (χ0v) is 19.1. The standard InChI is InChI=1S/C21H18ClN5O2S2/c1-27-19(15-10-14(22)8-9-17(15)29-2)25-26-21(27)31-12-18(28)24-20-23-16(11-30-20)13-6-4-3-5-7-13/h3-11H,12H2,1-2H3,(H,23,24,28). The number of thioether (sulfide) groups is 1. The molecule has 4 aromatic rings. The average Bonchev–Trinajstić information content (AvgIpc) is 3.39. The van der Waals surface area contributed by atoms with E-state index < -0.39 is 0 Å². The number of hydrogen-bond donors (Lipinski definition) is 1. The van der Waals surface area contributed by atoms with E-state index in [-0.39, 0.29) is 11.7 Å². The number of rotatable bonds is 7. The fraction of sp³-hybridized carbons (Fsp3) is 0.143. The number of carbonyl (C=O) groups is 1. The van der Waals surface area contributed by atoms with Crippen LogP contribution in [0.3, 0.4) is 0 Å². The zero-order chi connectivity index (χ0) is 21.8. The summed E-state index contributed by atoms with van der Waals surface area (Å²) in [6.07, 6.45) is 0. The van der Waals surface area contributed by atoms with Crippen molar-refractivity contribution in [2.45, 2.75) is 5.16 Å². The van der Waals surface area contributed by atoms with Gasteiger partial charge in [0.1, 0.15) is 5.75 Å². The van der Waals surface area contributed by atoms with Gasteiger partial charge in [-0.05, 0) is 18.2 Å². The van der Waals surface area contributed by atoms with Gasteiger partial charge < -0.3 is 14.6 Å². The lowest BCUT2D eigenvalue weighted by Gasteiger charge is -2.09. The molecule has 4 rings (SSSR count). The Morgan fingerprint density at radius 3 is 2.81 bits per heavy atom. The van der Waals surface area contributed by atoms with Crippen molar-refractivity contribution in [3.63, 3.8) is 0 Å². The third-order valence-electron chi connectivity index (χ3n) is 4.39. The van der Waals surface area contributed by atoms with Gasteiger partial charge in [0.05, 0.1) is 24.1 Å². The second-order valence-electron chi connectivity index (χ2n) is 6.45. The number of amides is 1. The number of halogens is 1. The molecule has 0 atom stereocenters. The number of carbonyl (C=O) groups excluding carboxylic acids is 1. The van der Waals surface area contributed by atoms with Crippen molar-refractivity contribution in [3.05, 3.63) is 58.9 Å². The molecule has 31 heavy (non-hydrogen) atoms. The summed E-state index contributed by atoms with van der Waals surface area (Å²) in [7, 11) is 3.42. The third kappa shape index (κ3) is 4.90. The monoisotopic (exact) mass is 471 g/mol. The van der Waals surface area contributed by atoms with Crippen LogP contribution in [-0.2, 0) is 11.8 Å². The molecule has 0 aliphatic carbocycles. The molecule has 1 amide bonds. The second-order valence-corrected chi connectivity index (χ2v) is 8.69. The van der Waals surface area contributed by atoms with E-state index in [0.717, 1.165) is 16.8 Å². The van der Waals surface area contributed by atoms with Crippen LogP contribution in [0.25, 0.3) is 22.6 Å². The van der Waals surface area contributed by atoms with E-state index in [2.05, 4.69) is 20.5 Å². The number of thiazole rings is 1. The van der Waals surface area contributed by atoms with Crippen LogP contribution in [0, 0.1) is 0 Å². The second kappa shape index (κ2) is 9.51. The molecule has 10 heteroatoms. The van der Waals surface area contributed by atoms with E-state index >= 15 is 0 Å². The summed E-state index contributed by atoms with van der Waals surface area (Å²) in [4.78, 5) is 16.9. The molecule has 0 fully saturated rings. The Balaban J connectivity index is 1.41. The van der Waals surface area contributed by atoms with Gasteiger partial charge in [0, 0.05) is 23.0 Å². The molecule has 1 N–H and O–H groups in total. The van der Waals surface area contributed by atoms with Crippen LogP contribution in [0.4, 0.5) is 5.13 Å². The molecule has 2 aromatic heterocycles. The number of hydrogen-bond acceptors (Lipinski definition) is 7. The summed E-state index contributed by atoms with van der Waals surface area (Å²) in [5.74, 6) is 1.27. The van der Waals surface area contributed by atoms with Gasteiger partial charge in [0.2, 0.25) is 5.91 Å². The van der Waals surface area contributed by atoms with Crippen molar-refractivity contribution in [2.75, 3.05) is 18.2 Å². The van der Waals surface area contributed by atoms with Crippen LogP contribution in [-0.4, -0.2) is 38.5 Å². The summed E-state index contributed by atoms with van der Waals surface area (Å²) < 4.78 is 7.21. The van der Waals surface area contributed by atoms with Crippen molar-refractivity contribution in [2.24, 2.45) is 7.05 Å². The van der Waals surface area contributed by atoms with Crippen LogP contribution in [0.1, 0.15) is 0 Å². The maximum Gasteiger partial charge on any atom is 0.236 e. The van der Waals surface area contributed by atoms with Gasteiger partial charge >= 0.3 is 0 Å². The van der Waals surface area contributed by atoms with Crippen LogP contribution >= 0.6 is 34.7 Å². The molecule has 7 nitrogen and oxygen atoms in total. The molecule has 158 valence electrons. The minimum absolute atomic E-state index is 0.163. The minimum Gasteiger partial charge on any atom is -0.496 e. The number of aromatic nitrogens is 4. The Kier molecular flexibility index (Phi) is 6.55. The first-order chi connectivity index (χ1) is 15.0. The van der Waals surface area contributed by atoms with E-state index in [1.165, 1.54) is 23.1 Å². The molecule has 0 radical (unpaired) electrons. The number of nitrogens with one attached hydrogen (secondary N) is 1. The van der Waals surface area contributed by atoms with Gasteiger partial charge in [-0.3, -0.25) is 4.79 Å². The summed E-state index contributed by atoms with van der Waals surface area (Å²) in [6.45, 7) is 0. The Morgan fingerprint density at radius 1 is 1.23 bits per heavy atom. The maximum atomic E-state index is 12.4.